The lowest BCUT2D eigenvalue weighted by molar-refractivity contribution is 0.102. The number of aromatic nitrogens is 1. The van der Waals surface area contributed by atoms with E-state index in [1.807, 2.05) is 44.2 Å². The molecule has 138 valence electrons. The van der Waals surface area contributed by atoms with Crippen molar-refractivity contribution in [1.29, 1.82) is 0 Å². The maximum Gasteiger partial charge on any atom is 0.255 e. The zero-order valence-electron chi connectivity index (χ0n) is 15.7. The molecule has 0 atom stereocenters. The van der Waals surface area contributed by atoms with Crippen molar-refractivity contribution in [2.75, 3.05) is 12.4 Å². The Morgan fingerprint density at radius 3 is 2.56 bits per heavy atom. The van der Waals surface area contributed by atoms with E-state index < -0.39 is 0 Å². The molecule has 0 unspecified atom stereocenters. The van der Waals surface area contributed by atoms with Crippen molar-refractivity contribution in [2.24, 2.45) is 0 Å². The van der Waals surface area contributed by atoms with Crippen LogP contribution >= 0.6 is 0 Å². The monoisotopic (exact) mass is 362 g/mol. The molecule has 5 nitrogen and oxygen atoms in total. The van der Waals surface area contributed by atoms with E-state index in [4.69, 9.17) is 9.47 Å². The summed E-state index contributed by atoms with van der Waals surface area (Å²) in [7, 11) is 1.58. The van der Waals surface area contributed by atoms with Crippen LogP contribution in [0.2, 0.25) is 0 Å². The number of benzene rings is 2. The van der Waals surface area contributed by atoms with Crippen LogP contribution in [0.3, 0.4) is 0 Å². The van der Waals surface area contributed by atoms with Gasteiger partial charge in [-0.15, -0.1) is 0 Å². The third-order valence-electron chi connectivity index (χ3n) is 4.41. The molecular formula is C22H22N2O3. The molecule has 1 aromatic heterocycles. The number of nitrogens with zero attached hydrogens (tertiary/aromatic N) is 1. The van der Waals surface area contributed by atoms with Crippen LogP contribution in [0, 0.1) is 13.8 Å². The van der Waals surface area contributed by atoms with Gasteiger partial charge < -0.3 is 14.8 Å². The van der Waals surface area contributed by atoms with Gasteiger partial charge in [0.25, 0.3) is 5.91 Å². The number of hydrogen-bond acceptors (Lipinski definition) is 4. The molecular weight excluding hydrogens is 340 g/mol. The SMILES string of the molecule is COc1ncccc1COc1ccc(C(=O)Nc2cccc(C)c2C)cc1. The van der Waals surface area contributed by atoms with E-state index in [-0.39, 0.29) is 5.91 Å². The molecule has 0 aliphatic carbocycles. The lowest BCUT2D eigenvalue weighted by atomic mass is 10.1. The van der Waals surface area contributed by atoms with Gasteiger partial charge in [0.05, 0.1) is 12.7 Å². The van der Waals surface area contributed by atoms with E-state index in [1.165, 1.54) is 0 Å². The molecule has 27 heavy (non-hydrogen) atoms. The van der Waals surface area contributed by atoms with Gasteiger partial charge in [-0.3, -0.25) is 4.79 Å². The number of anilines is 1. The standard InChI is InChI=1S/C22H22N2O3/c1-15-6-4-8-20(16(15)2)24-21(25)17-9-11-19(12-10-17)27-14-18-7-5-13-23-22(18)26-3/h4-13H,14H2,1-3H3,(H,24,25). The number of amides is 1. The van der Waals surface area contributed by atoms with Crippen LogP contribution in [0.25, 0.3) is 0 Å². The number of carbonyl (C=O) groups excluding carboxylic acids is 1. The highest BCUT2D eigenvalue weighted by Crippen LogP contribution is 2.21. The highest BCUT2D eigenvalue weighted by Gasteiger charge is 2.09. The van der Waals surface area contributed by atoms with Gasteiger partial charge in [-0.25, -0.2) is 4.98 Å². The Hall–Kier alpha value is -3.34. The molecule has 0 aliphatic heterocycles. The number of carbonyl (C=O) groups is 1. The first-order chi connectivity index (χ1) is 13.1. The molecule has 1 N–H and O–H groups in total. The molecule has 2 aromatic carbocycles. The van der Waals surface area contributed by atoms with Crippen LogP contribution in [-0.2, 0) is 6.61 Å². The van der Waals surface area contributed by atoms with Gasteiger partial charge in [0.2, 0.25) is 5.88 Å². The van der Waals surface area contributed by atoms with Crippen molar-refractivity contribution in [1.82, 2.24) is 4.98 Å². The molecule has 5 heteroatoms. The van der Waals surface area contributed by atoms with Crippen molar-refractivity contribution in [3.63, 3.8) is 0 Å². The Balaban J connectivity index is 1.64. The largest absolute Gasteiger partial charge is 0.489 e. The Bertz CT molecular complexity index is 937. The molecule has 0 fully saturated rings. The average Bonchev–Trinajstić information content (AvgIpc) is 2.70. The van der Waals surface area contributed by atoms with E-state index in [0.717, 1.165) is 22.4 Å². The highest BCUT2D eigenvalue weighted by molar-refractivity contribution is 6.04. The fourth-order valence-corrected chi connectivity index (χ4v) is 2.66. The normalized spacial score (nSPS) is 10.3. The highest BCUT2D eigenvalue weighted by atomic mass is 16.5. The second-order valence-corrected chi connectivity index (χ2v) is 6.19. The van der Waals surface area contributed by atoms with Gasteiger partial charge in [0.1, 0.15) is 12.4 Å². The molecule has 0 saturated carbocycles. The molecule has 0 radical (unpaired) electrons. The van der Waals surface area contributed by atoms with Crippen LogP contribution in [0.4, 0.5) is 5.69 Å². The van der Waals surface area contributed by atoms with Gasteiger partial charge >= 0.3 is 0 Å². The second kappa shape index (κ2) is 8.36. The van der Waals surface area contributed by atoms with Gasteiger partial charge in [-0.05, 0) is 67.4 Å². The summed E-state index contributed by atoms with van der Waals surface area (Å²) in [6.45, 7) is 4.36. The van der Waals surface area contributed by atoms with Crippen molar-refractivity contribution < 1.29 is 14.3 Å². The molecule has 1 heterocycles. The third-order valence-corrected chi connectivity index (χ3v) is 4.41. The molecule has 0 aliphatic rings. The maximum atomic E-state index is 12.5. The first kappa shape index (κ1) is 18.5. The number of rotatable bonds is 6. The van der Waals surface area contributed by atoms with E-state index in [2.05, 4.69) is 10.3 Å². The minimum atomic E-state index is -0.149. The van der Waals surface area contributed by atoms with Crippen LogP contribution in [0.1, 0.15) is 27.0 Å². The Morgan fingerprint density at radius 2 is 1.81 bits per heavy atom. The van der Waals surface area contributed by atoms with E-state index in [1.54, 1.807) is 37.6 Å². The summed E-state index contributed by atoms with van der Waals surface area (Å²) in [5.41, 5.74) is 4.46. The second-order valence-electron chi connectivity index (χ2n) is 6.19. The Morgan fingerprint density at radius 1 is 1.04 bits per heavy atom. The third kappa shape index (κ3) is 4.44. The Kier molecular flexibility index (Phi) is 5.71. The smallest absolute Gasteiger partial charge is 0.255 e. The average molecular weight is 362 g/mol. The van der Waals surface area contributed by atoms with Crippen molar-refractivity contribution in [3.05, 3.63) is 83.0 Å². The first-order valence-corrected chi connectivity index (χ1v) is 8.67. The van der Waals surface area contributed by atoms with Crippen molar-refractivity contribution in [2.45, 2.75) is 20.5 Å². The fourth-order valence-electron chi connectivity index (χ4n) is 2.66. The topological polar surface area (TPSA) is 60.5 Å². The predicted octanol–water partition coefficient (Wildman–Crippen LogP) is 4.54. The number of pyridine rings is 1. The predicted molar refractivity (Wildman–Crippen MR) is 105 cm³/mol. The number of ether oxygens (including phenoxy) is 2. The van der Waals surface area contributed by atoms with Gasteiger partial charge in [0.15, 0.2) is 0 Å². The zero-order valence-corrected chi connectivity index (χ0v) is 15.7. The van der Waals surface area contributed by atoms with Crippen LogP contribution < -0.4 is 14.8 Å². The first-order valence-electron chi connectivity index (χ1n) is 8.67. The molecule has 3 aromatic rings. The van der Waals surface area contributed by atoms with E-state index >= 15 is 0 Å². The summed E-state index contributed by atoms with van der Waals surface area (Å²) in [4.78, 5) is 16.6. The summed E-state index contributed by atoms with van der Waals surface area (Å²) in [5.74, 6) is 1.07. The summed E-state index contributed by atoms with van der Waals surface area (Å²) in [6.07, 6.45) is 1.67. The van der Waals surface area contributed by atoms with Gasteiger partial charge in [0, 0.05) is 17.4 Å². The zero-order chi connectivity index (χ0) is 19.2. The summed E-state index contributed by atoms with van der Waals surface area (Å²) in [5, 5.41) is 2.96. The number of aryl methyl sites for hydroxylation is 1. The van der Waals surface area contributed by atoms with E-state index in [9.17, 15) is 4.79 Å². The van der Waals surface area contributed by atoms with Crippen molar-refractivity contribution >= 4 is 11.6 Å². The minimum absolute atomic E-state index is 0.149. The number of hydrogen-bond donors (Lipinski definition) is 1. The van der Waals surface area contributed by atoms with Crippen LogP contribution in [0.15, 0.2) is 60.8 Å². The lowest BCUT2D eigenvalue weighted by Crippen LogP contribution is -2.13. The minimum Gasteiger partial charge on any atom is -0.489 e. The Labute approximate surface area is 159 Å². The van der Waals surface area contributed by atoms with Crippen LogP contribution in [-0.4, -0.2) is 18.0 Å². The van der Waals surface area contributed by atoms with Crippen molar-refractivity contribution in [3.8, 4) is 11.6 Å². The van der Waals surface area contributed by atoms with E-state index in [0.29, 0.717) is 23.8 Å². The lowest BCUT2D eigenvalue weighted by Gasteiger charge is -2.11. The number of methoxy groups -OCH3 is 1. The summed E-state index contributed by atoms with van der Waals surface area (Å²) in [6, 6.07) is 16.6. The molecule has 0 spiro atoms. The molecule has 0 bridgehead atoms. The molecule has 3 rings (SSSR count). The molecule has 0 saturated heterocycles. The summed E-state index contributed by atoms with van der Waals surface area (Å²) >= 11 is 0. The van der Waals surface area contributed by atoms with Crippen LogP contribution in [0.5, 0.6) is 11.6 Å². The quantitative estimate of drug-likeness (QED) is 0.699. The summed E-state index contributed by atoms with van der Waals surface area (Å²) < 4.78 is 11.0. The van der Waals surface area contributed by atoms with Gasteiger partial charge in [-0.1, -0.05) is 12.1 Å². The maximum absolute atomic E-state index is 12.5. The number of nitrogens with one attached hydrogen (secondary N) is 1. The fraction of sp³-hybridized carbons (Fsp3) is 0.182. The molecule has 1 amide bonds. The van der Waals surface area contributed by atoms with Gasteiger partial charge in [-0.2, -0.15) is 0 Å².